The SMILES string of the molecule is Cc1cc(C=CC2CCN(CCc3ccc4c(c3)COC4=O)CC2)ccc1C#N. The standard InChI is InChI=1S/C25H26N2O2/c1-18-14-20(4-6-22(18)16-26)3-2-19-8-11-27(12-9-19)13-10-21-5-7-24-23(15-21)17-29-25(24)28/h2-7,14-15,19H,8-13,17H2,1H3. The van der Waals surface area contributed by atoms with Crippen LogP contribution in [0, 0.1) is 24.2 Å². The second-order valence-corrected chi connectivity index (χ2v) is 8.04. The van der Waals surface area contributed by atoms with Crippen LogP contribution in [0.15, 0.2) is 42.5 Å². The zero-order chi connectivity index (χ0) is 20.2. The number of aryl methyl sites for hydroxylation is 1. The molecule has 0 bridgehead atoms. The second-order valence-electron chi connectivity index (χ2n) is 8.04. The molecule has 0 N–H and O–H groups in total. The van der Waals surface area contributed by atoms with E-state index < -0.39 is 0 Å². The molecule has 2 aromatic carbocycles. The largest absolute Gasteiger partial charge is 0.457 e. The number of nitrogens with zero attached hydrogens (tertiary/aromatic N) is 2. The van der Waals surface area contributed by atoms with Crippen LogP contribution in [0.25, 0.3) is 6.08 Å². The lowest BCUT2D eigenvalue weighted by atomic mass is 9.95. The Morgan fingerprint density at radius 3 is 2.79 bits per heavy atom. The summed E-state index contributed by atoms with van der Waals surface area (Å²) in [5.74, 6) is 0.420. The molecule has 29 heavy (non-hydrogen) atoms. The summed E-state index contributed by atoms with van der Waals surface area (Å²) in [5.41, 5.74) is 5.97. The molecule has 0 amide bonds. The fourth-order valence-corrected chi connectivity index (χ4v) is 4.16. The number of hydrogen-bond acceptors (Lipinski definition) is 4. The van der Waals surface area contributed by atoms with Crippen LogP contribution in [0.3, 0.4) is 0 Å². The van der Waals surface area contributed by atoms with Gasteiger partial charge in [-0.05, 0) is 74.0 Å². The molecule has 0 aromatic heterocycles. The number of piperidine rings is 1. The Labute approximate surface area is 172 Å². The van der Waals surface area contributed by atoms with E-state index in [2.05, 4.69) is 41.3 Å². The molecule has 2 aliphatic heterocycles. The topological polar surface area (TPSA) is 53.3 Å². The van der Waals surface area contributed by atoms with Crippen molar-refractivity contribution in [1.29, 1.82) is 5.26 Å². The van der Waals surface area contributed by atoms with E-state index >= 15 is 0 Å². The van der Waals surface area contributed by atoms with Crippen molar-refractivity contribution >= 4 is 12.0 Å². The monoisotopic (exact) mass is 386 g/mol. The Morgan fingerprint density at radius 1 is 1.21 bits per heavy atom. The van der Waals surface area contributed by atoms with Gasteiger partial charge in [0.2, 0.25) is 0 Å². The van der Waals surface area contributed by atoms with Gasteiger partial charge in [-0.3, -0.25) is 0 Å². The Balaban J connectivity index is 1.25. The summed E-state index contributed by atoms with van der Waals surface area (Å²) in [6.45, 7) is 5.69. The van der Waals surface area contributed by atoms with Crippen molar-refractivity contribution in [2.75, 3.05) is 19.6 Å². The molecule has 2 aromatic rings. The summed E-state index contributed by atoms with van der Waals surface area (Å²) in [6.07, 6.45) is 7.89. The number of ether oxygens (including phenoxy) is 1. The Hall–Kier alpha value is -2.90. The van der Waals surface area contributed by atoms with E-state index in [1.807, 2.05) is 25.1 Å². The van der Waals surface area contributed by atoms with Gasteiger partial charge in [-0.15, -0.1) is 0 Å². The molecule has 4 nitrogen and oxygen atoms in total. The molecule has 1 fully saturated rings. The van der Waals surface area contributed by atoms with Crippen LogP contribution >= 0.6 is 0 Å². The third-order valence-corrected chi connectivity index (χ3v) is 6.03. The first kappa shape index (κ1) is 19.4. The molecule has 0 aliphatic carbocycles. The fourth-order valence-electron chi connectivity index (χ4n) is 4.16. The summed E-state index contributed by atoms with van der Waals surface area (Å²) in [5, 5.41) is 9.04. The molecule has 4 heteroatoms. The first-order valence-electron chi connectivity index (χ1n) is 10.3. The van der Waals surface area contributed by atoms with Crippen molar-refractivity contribution in [2.24, 2.45) is 5.92 Å². The van der Waals surface area contributed by atoms with Gasteiger partial charge < -0.3 is 9.64 Å². The van der Waals surface area contributed by atoms with Gasteiger partial charge in [0.1, 0.15) is 6.61 Å². The van der Waals surface area contributed by atoms with Gasteiger partial charge >= 0.3 is 5.97 Å². The zero-order valence-electron chi connectivity index (χ0n) is 16.9. The van der Waals surface area contributed by atoms with Crippen molar-refractivity contribution in [2.45, 2.75) is 32.8 Å². The molecule has 0 atom stereocenters. The van der Waals surface area contributed by atoms with E-state index in [0.717, 1.165) is 48.3 Å². The van der Waals surface area contributed by atoms with Crippen molar-refractivity contribution in [3.05, 3.63) is 75.9 Å². The molecule has 0 unspecified atom stereocenters. The highest BCUT2D eigenvalue weighted by Crippen LogP contribution is 2.23. The predicted molar refractivity (Wildman–Crippen MR) is 113 cm³/mol. The first-order chi connectivity index (χ1) is 14.1. The molecule has 0 radical (unpaired) electrons. The molecular formula is C25H26N2O2. The highest BCUT2D eigenvalue weighted by atomic mass is 16.5. The van der Waals surface area contributed by atoms with Crippen LogP contribution in [-0.2, 0) is 17.8 Å². The molecule has 148 valence electrons. The van der Waals surface area contributed by atoms with Gasteiger partial charge in [0.15, 0.2) is 0 Å². The lowest BCUT2D eigenvalue weighted by Crippen LogP contribution is -2.34. The van der Waals surface area contributed by atoms with Crippen LogP contribution in [0.5, 0.6) is 0 Å². The van der Waals surface area contributed by atoms with Crippen molar-refractivity contribution in [1.82, 2.24) is 4.90 Å². The molecule has 0 saturated carbocycles. The Bertz CT molecular complexity index is 979. The van der Waals surface area contributed by atoms with E-state index in [1.54, 1.807) is 0 Å². The first-order valence-corrected chi connectivity index (χ1v) is 10.3. The second kappa shape index (κ2) is 8.63. The number of cyclic esters (lactones) is 1. The van der Waals surface area contributed by atoms with Crippen LogP contribution in [0.1, 0.15) is 51.0 Å². The van der Waals surface area contributed by atoms with E-state index in [1.165, 1.54) is 24.0 Å². The number of benzene rings is 2. The minimum absolute atomic E-state index is 0.196. The third kappa shape index (κ3) is 4.58. The number of nitriles is 1. The number of hydrogen-bond donors (Lipinski definition) is 0. The highest BCUT2D eigenvalue weighted by Gasteiger charge is 2.21. The minimum Gasteiger partial charge on any atom is -0.457 e. The summed E-state index contributed by atoms with van der Waals surface area (Å²) >= 11 is 0. The minimum atomic E-state index is -0.196. The summed E-state index contributed by atoms with van der Waals surface area (Å²) in [7, 11) is 0. The maximum atomic E-state index is 11.6. The van der Waals surface area contributed by atoms with Crippen molar-refractivity contribution in [3.8, 4) is 6.07 Å². The van der Waals surface area contributed by atoms with Crippen LogP contribution in [0.2, 0.25) is 0 Å². The fraction of sp³-hybridized carbons (Fsp3) is 0.360. The quantitative estimate of drug-likeness (QED) is 0.710. The van der Waals surface area contributed by atoms with Crippen LogP contribution in [0.4, 0.5) is 0 Å². The van der Waals surface area contributed by atoms with Gasteiger partial charge in [0.25, 0.3) is 0 Å². The summed E-state index contributed by atoms with van der Waals surface area (Å²) in [4.78, 5) is 14.1. The van der Waals surface area contributed by atoms with Gasteiger partial charge in [0, 0.05) is 12.1 Å². The number of esters is 1. The Morgan fingerprint density at radius 2 is 2.03 bits per heavy atom. The maximum absolute atomic E-state index is 11.6. The Kier molecular flexibility index (Phi) is 5.78. The lowest BCUT2D eigenvalue weighted by molar-refractivity contribution is 0.0535. The molecule has 1 saturated heterocycles. The zero-order valence-corrected chi connectivity index (χ0v) is 16.9. The maximum Gasteiger partial charge on any atom is 0.338 e. The number of allylic oxidation sites excluding steroid dienone is 1. The molecule has 0 spiro atoms. The van der Waals surface area contributed by atoms with Gasteiger partial charge in [-0.1, -0.05) is 36.4 Å². The number of carbonyl (C=O) groups is 1. The molecule has 4 rings (SSSR count). The average molecular weight is 386 g/mol. The van der Waals surface area contributed by atoms with Gasteiger partial charge in [-0.25, -0.2) is 4.79 Å². The van der Waals surface area contributed by atoms with E-state index in [-0.39, 0.29) is 5.97 Å². The van der Waals surface area contributed by atoms with E-state index in [9.17, 15) is 4.79 Å². The lowest BCUT2D eigenvalue weighted by Gasteiger charge is -2.30. The van der Waals surface area contributed by atoms with E-state index in [0.29, 0.717) is 12.5 Å². The highest BCUT2D eigenvalue weighted by molar-refractivity contribution is 5.93. The number of rotatable bonds is 5. The molecule has 2 aliphatic rings. The number of fused-ring (bicyclic) bond motifs is 1. The predicted octanol–water partition coefficient (Wildman–Crippen LogP) is 4.51. The van der Waals surface area contributed by atoms with Crippen LogP contribution in [-0.4, -0.2) is 30.5 Å². The average Bonchev–Trinajstić information content (AvgIpc) is 3.12. The van der Waals surface area contributed by atoms with Crippen LogP contribution < -0.4 is 0 Å². The molecule has 2 heterocycles. The smallest absolute Gasteiger partial charge is 0.338 e. The summed E-state index contributed by atoms with van der Waals surface area (Å²) < 4.78 is 5.09. The third-order valence-electron chi connectivity index (χ3n) is 6.03. The molecular weight excluding hydrogens is 360 g/mol. The van der Waals surface area contributed by atoms with Gasteiger partial charge in [-0.2, -0.15) is 5.26 Å². The van der Waals surface area contributed by atoms with E-state index in [4.69, 9.17) is 10.00 Å². The number of carbonyl (C=O) groups excluding carboxylic acids is 1. The van der Waals surface area contributed by atoms with Crippen molar-refractivity contribution in [3.63, 3.8) is 0 Å². The normalized spacial score (nSPS) is 17.3. The van der Waals surface area contributed by atoms with Gasteiger partial charge in [0.05, 0.1) is 17.2 Å². The van der Waals surface area contributed by atoms with Crippen molar-refractivity contribution < 1.29 is 9.53 Å². The number of likely N-dealkylation sites (tertiary alicyclic amines) is 1. The summed E-state index contributed by atoms with van der Waals surface area (Å²) in [6, 6.07) is 14.3.